The Bertz CT molecular complexity index is 500. The maximum Gasteiger partial charge on any atom is 0.224 e. The molecule has 0 saturated carbocycles. The number of likely N-dealkylation sites (N-methyl/N-ethyl adjacent to an activating group) is 1. The Morgan fingerprint density at radius 3 is 2.36 bits per heavy atom. The van der Waals surface area contributed by atoms with Gasteiger partial charge in [0.05, 0.1) is 6.42 Å². The van der Waals surface area contributed by atoms with E-state index in [4.69, 9.17) is 0 Å². The molecule has 0 aromatic heterocycles. The third-order valence-corrected chi connectivity index (χ3v) is 3.58. The van der Waals surface area contributed by atoms with Crippen molar-refractivity contribution in [3.05, 3.63) is 35.4 Å². The summed E-state index contributed by atoms with van der Waals surface area (Å²) in [7, 11) is 3.95. The third kappa shape index (κ3) is 6.72. The molecule has 0 radical (unpaired) electrons. The van der Waals surface area contributed by atoms with Gasteiger partial charge in [0.15, 0.2) is 0 Å². The monoisotopic (exact) mass is 305 g/mol. The number of aryl methyl sites for hydroxylation is 1. The first kappa shape index (κ1) is 18.2. The molecule has 5 nitrogen and oxygen atoms in total. The second kappa shape index (κ2) is 9.20. The van der Waals surface area contributed by atoms with Gasteiger partial charge in [-0.3, -0.25) is 9.59 Å². The second-order valence-electron chi connectivity index (χ2n) is 5.76. The molecular weight excluding hydrogens is 278 g/mol. The molecule has 1 aromatic carbocycles. The zero-order chi connectivity index (χ0) is 16.5. The topological polar surface area (TPSA) is 52.7 Å². The maximum absolute atomic E-state index is 12.0. The van der Waals surface area contributed by atoms with Gasteiger partial charge in [0, 0.05) is 33.1 Å². The number of nitrogens with zero attached hydrogens (tertiary/aromatic N) is 2. The van der Waals surface area contributed by atoms with Crippen molar-refractivity contribution in [2.24, 2.45) is 0 Å². The first-order chi connectivity index (χ1) is 10.4. The van der Waals surface area contributed by atoms with Crippen LogP contribution < -0.4 is 5.32 Å². The van der Waals surface area contributed by atoms with Gasteiger partial charge >= 0.3 is 0 Å². The van der Waals surface area contributed by atoms with Crippen LogP contribution >= 0.6 is 0 Å². The van der Waals surface area contributed by atoms with Crippen LogP contribution in [0.3, 0.4) is 0 Å². The summed E-state index contributed by atoms with van der Waals surface area (Å²) in [6, 6.07) is 7.87. The minimum atomic E-state index is -0.00888. The third-order valence-electron chi connectivity index (χ3n) is 3.58. The first-order valence-electron chi connectivity index (χ1n) is 7.61. The highest BCUT2D eigenvalue weighted by molar-refractivity contribution is 5.79. The number of rotatable bonds is 8. The van der Waals surface area contributed by atoms with E-state index in [2.05, 4.69) is 5.32 Å². The van der Waals surface area contributed by atoms with E-state index in [1.165, 1.54) is 0 Å². The standard InChI is InChI=1S/C17H27N3O2/c1-14-7-5-6-8-16(14)13-17(22)18-9-10-20(15(2)21)12-11-19(3)4/h5-8H,9-13H2,1-4H3,(H,18,22). The molecule has 22 heavy (non-hydrogen) atoms. The van der Waals surface area contributed by atoms with Gasteiger partial charge in [-0.1, -0.05) is 24.3 Å². The summed E-state index contributed by atoms with van der Waals surface area (Å²) < 4.78 is 0. The Balaban J connectivity index is 2.36. The zero-order valence-corrected chi connectivity index (χ0v) is 14.1. The Morgan fingerprint density at radius 1 is 1.09 bits per heavy atom. The van der Waals surface area contributed by atoms with Crippen molar-refractivity contribution in [2.75, 3.05) is 40.3 Å². The van der Waals surface area contributed by atoms with Crippen molar-refractivity contribution in [2.45, 2.75) is 20.3 Å². The molecule has 0 bridgehead atoms. The number of hydrogen-bond acceptors (Lipinski definition) is 3. The van der Waals surface area contributed by atoms with Crippen molar-refractivity contribution in [1.82, 2.24) is 15.1 Å². The van der Waals surface area contributed by atoms with E-state index < -0.39 is 0 Å². The molecule has 122 valence electrons. The normalized spacial score (nSPS) is 10.6. The van der Waals surface area contributed by atoms with Crippen LogP contribution in [-0.4, -0.2) is 61.9 Å². The van der Waals surface area contributed by atoms with Crippen LogP contribution in [0, 0.1) is 6.92 Å². The zero-order valence-electron chi connectivity index (χ0n) is 14.1. The molecule has 0 fully saturated rings. The highest BCUT2D eigenvalue weighted by atomic mass is 16.2. The van der Waals surface area contributed by atoms with E-state index in [0.29, 0.717) is 26.1 Å². The van der Waals surface area contributed by atoms with Crippen LogP contribution in [-0.2, 0) is 16.0 Å². The van der Waals surface area contributed by atoms with Crippen molar-refractivity contribution in [3.8, 4) is 0 Å². The van der Waals surface area contributed by atoms with Crippen molar-refractivity contribution in [3.63, 3.8) is 0 Å². The fraction of sp³-hybridized carbons (Fsp3) is 0.529. The summed E-state index contributed by atoms with van der Waals surface area (Å²) in [6.07, 6.45) is 0.379. The molecule has 1 rings (SSSR count). The lowest BCUT2D eigenvalue weighted by Gasteiger charge is -2.23. The summed E-state index contributed by atoms with van der Waals surface area (Å²) in [5.41, 5.74) is 2.16. The summed E-state index contributed by atoms with van der Waals surface area (Å²) >= 11 is 0. The predicted octanol–water partition coefficient (Wildman–Crippen LogP) is 1.06. The van der Waals surface area contributed by atoms with E-state index in [9.17, 15) is 9.59 Å². The predicted molar refractivity (Wildman–Crippen MR) is 88.7 cm³/mol. The molecule has 0 atom stereocenters. The lowest BCUT2D eigenvalue weighted by atomic mass is 10.1. The smallest absolute Gasteiger partial charge is 0.224 e. The van der Waals surface area contributed by atoms with Crippen LogP contribution in [0.4, 0.5) is 0 Å². The molecule has 5 heteroatoms. The summed E-state index contributed by atoms with van der Waals surface area (Å²) in [5.74, 6) is 0.0282. The van der Waals surface area contributed by atoms with Gasteiger partial charge in [0.2, 0.25) is 11.8 Å². The number of carbonyl (C=O) groups excluding carboxylic acids is 2. The highest BCUT2D eigenvalue weighted by Gasteiger charge is 2.10. The minimum absolute atomic E-state index is 0.00888. The molecule has 0 saturated heterocycles. The van der Waals surface area contributed by atoms with Gasteiger partial charge in [-0.25, -0.2) is 0 Å². The molecule has 2 amide bonds. The van der Waals surface area contributed by atoms with Gasteiger partial charge in [-0.15, -0.1) is 0 Å². The Hall–Kier alpha value is -1.88. The Labute approximate surface area is 133 Å². The van der Waals surface area contributed by atoms with Crippen molar-refractivity contribution < 1.29 is 9.59 Å². The van der Waals surface area contributed by atoms with Crippen LogP contribution in [0.25, 0.3) is 0 Å². The van der Waals surface area contributed by atoms with E-state index in [1.54, 1.807) is 11.8 Å². The molecule has 0 aliphatic heterocycles. The Kier molecular flexibility index (Phi) is 7.60. The SMILES string of the molecule is CC(=O)N(CCNC(=O)Cc1ccccc1C)CCN(C)C. The number of carbonyl (C=O) groups is 2. The number of amides is 2. The molecular formula is C17H27N3O2. The fourth-order valence-electron chi connectivity index (χ4n) is 2.12. The molecule has 0 spiro atoms. The average molecular weight is 305 g/mol. The lowest BCUT2D eigenvalue weighted by molar-refractivity contribution is -0.129. The fourth-order valence-corrected chi connectivity index (χ4v) is 2.12. The average Bonchev–Trinajstić information content (AvgIpc) is 2.44. The van der Waals surface area contributed by atoms with Crippen molar-refractivity contribution in [1.29, 1.82) is 0 Å². The summed E-state index contributed by atoms with van der Waals surface area (Å²) in [6.45, 7) is 6.08. The first-order valence-corrected chi connectivity index (χ1v) is 7.61. The molecule has 0 aliphatic rings. The number of nitrogens with one attached hydrogen (secondary N) is 1. The summed E-state index contributed by atoms with van der Waals surface area (Å²) in [4.78, 5) is 27.3. The number of hydrogen-bond donors (Lipinski definition) is 1. The molecule has 0 heterocycles. The van der Waals surface area contributed by atoms with Crippen LogP contribution in [0.15, 0.2) is 24.3 Å². The molecule has 0 unspecified atom stereocenters. The highest BCUT2D eigenvalue weighted by Crippen LogP contribution is 2.07. The van der Waals surface area contributed by atoms with Gasteiger partial charge < -0.3 is 15.1 Å². The van der Waals surface area contributed by atoms with Crippen LogP contribution in [0.1, 0.15) is 18.1 Å². The van der Waals surface area contributed by atoms with E-state index in [0.717, 1.165) is 17.7 Å². The Morgan fingerprint density at radius 2 is 1.77 bits per heavy atom. The number of benzene rings is 1. The lowest BCUT2D eigenvalue weighted by Crippen LogP contribution is -2.41. The molecule has 1 aromatic rings. The van der Waals surface area contributed by atoms with E-state index >= 15 is 0 Å². The van der Waals surface area contributed by atoms with Gasteiger partial charge in [0.25, 0.3) is 0 Å². The van der Waals surface area contributed by atoms with Gasteiger partial charge in [-0.2, -0.15) is 0 Å². The second-order valence-corrected chi connectivity index (χ2v) is 5.76. The van der Waals surface area contributed by atoms with Gasteiger partial charge in [-0.05, 0) is 32.1 Å². The van der Waals surface area contributed by atoms with Gasteiger partial charge in [0.1, 0.15) is 0 Å². The van der Waals surface area contributed by atoms with Crippen molar-refractivity contribution >= 4 is 11.8 Å². The van der Waals surface area contributed by atoms with Crippen LogP contribution in [0.2, 0.25) is 0 Å². The van der Waals surface area contributed by atoms with Crippen LogP contribution in [0.5, 0.6) is 0 Å². The largest absolute Gasteiger partial charge is 0.354 e. The molecule has 0 aliphatic carbocycles. The minimum Gasteiger partial charge on any atom is -0.354 e. The van der Waals surface area contributed by atoms with E-state index in [1.807, 2.05) is 50.2 Å². The van der Waals surface area contributed by atoms with E-state index in [-0.39, 0.29) is 11.8 Å². The molecule has 1 N–H and O–H groups in total. The quantitative estimate of drug-likeness (QED) is 0.781. The maximum atomic E-state index is 12.0. The summed E-state index contributed by atoms with van der Waals surface area (Å²) in [5, 5.41) is 2.88.